The van der Waals surface area contributed by atoms with Crippen LogP contribution in [0.2, 0.25) is 5.02 Å². The molecule has 0 saturated carbocycles. The molecule has 1 atom stereocenters. The van der Waals surface area contributed by atoms with Gasteiger partial charge in [0.1, 0.15) is 6.04 Å². The van der Waals surface area contributed by atoms with Crippen LogP contribution in [0.15, 0.2) is 42.5 Å². The van der Waals surface area contributed by atoms with Crippen molar-refractivity contribution in [1.29, 1.82) is 0 Å². The first kappa shape index (κ1) is 20.9. The van der Waals surface area contributed by atoms with Crippen molar-refractivity contribution in [1.82, 2.24) is 9.80 Å². The van der Waals surface area contributed by atoms with Crippen molar-refractivity contribution in [2.45, 2.75) is 32.4 Å². The highest BCUT2D eigenvalue weighted by Crippen LogP contribution is 2.28. The molecule has 152 valence electrons. The van der Waals surface area contributed by atoms with Gasteiger partial charge in [-0.1, -0.05) is 35.9 Å². The summed E-state index contributed by atoms with van der Waals surface area (Å²) in [5.41, 5.74) is 3.33. The molecular weight excluding hydrogens is 390 g/mol. The molecule has 1 N–H and O–H groups in total. The minimum absolute atomic E-state index is 0.117. The molecule has 1 aliphatic rings. The van der Waals surface area contributed by atoms with Gasteiger partial charge in [0.2, 0.25) is 17.7 Å². The molecule has 0 fully saturated rings. The lowest BCUT2D eigenvalue weighted by molar-refractivity contribution is -0.145. The number of likely N-dealkylation sites (N-methyl/N-ethyl adjacent to an activating group) is 1. The summed E-state index contributed by atoms with van der Waals surface area (Å²) in [7, 11) is 3.38. The lowest BCUT2D eigenvalue weighted by atomic mass is 9.92. The Bertz CT molecular complexity index is 958. The summed E-state index contributed by atoms with van der Waals surface area (Å²) in [6.07, 6.45) is 0.554. The van der Waals surface area contributed by atoms with Gasteiger partial charge in [0.05, 0.1) is 6.42 Å². The second kappa shape index (κ2) is 8.66. The topological polar surface area (TPSA) is 69.7 Å². The van der Waals surface area contributed by atoms with E-state index in [1.807, 2.05) is 36.4 Å². The number of anilines is 1. The number of rotatable bonds is 4. The monoisotopic (exact) mass is 413 g/mol. The minimum atomic E-state index is -0.570. The van der Waals surface area contributed by atoms with Gasteiger partial charge in [-0.3, -0.25) is 14.4 Å². The quantitative estimate of drug-likeness (QED) is 0.837. The van der Waals surface area contributed by atoms with Gasteiger partial charge in [-0.05, 0) is 34.9 Å². The maximum Gasteiger partial charge on any atom is 0.245 e. The number of nitrogens with zero attached hydrogens (tertiary/aromatic N) is 2. The Balaban J connectivity index is 1.91. The van der Waals surface area contributed by atoms with E-state index in [2.05, 4.69) is 5.32 Å². The van der Waals surface area contributed by atoms with Gasteiger partial charge in [0.25, 0.3) is 0 Å². The van der Waals surface area contributed by atoms with Gasteiger partial charge in [-0.25, -0.2) is 0 Å². The fourth-order valence-electron chi connectivity index (χ4n) is 3.55. The first-order valence-electron chi connectivity index (χ1n) is 9.39. The van der Waals surface area contributed by atoms with Crippen LogP contribution in [-0.2, 0) is 33.8 Å². The van der Waals surface area contributed by atoms with E-state index in [0.717, 1.165) is 16.7 Å². The highest BCUT2D eigenvalue weighted by Gasteiger charge is 2.35. The number of fused-ring (bicyclic) bond motifs is 1. The SMILES string of the molecule is CC(=O)Nc1ccc2c(c1)CN(C(=O)Cc1ccccc1Cl)C(C(=O)N(C)C)C2. The second-order valence-electron chi connectivity index (χ2n) is 7.41. The summed E-state index contributed by atoms with van der Waals surface area (Å²) in [5, 5.41) is 3.29. The molecule has 3 amide bonds. The summed E-state index contributed by atoms with van der Waals surface area (Å²) >= 11 is 6.22. The number of halogens is 1. The number of nitrogens with one attached hydrogen (secondary N) is 1. The minimum Gasteiger partial charge on any atom is -0.347 e. The van der Waals surface area contributed by atoms with E-state index in [4.69, 9.17) is 11.6 Å². The fourth-order valence-corrected chi connectivity index (χ4v) is 3.75. The summed E-state index contributed by atoms with van der Waals surface area (Å²) in [5.74, 6) is -0.434. The molecule has 1 heterocycles. The Morgan fingerprint density at radius 2 is 1.86 bits per heavy atom. The summed E-state index contributed by atoms with van der Waals surface area (Å²) in [6.45, 7) is 1.75. The Kier molecular flexibility index (Phi) is 6.23. The Hall–Kier alpha value is -2.86. The molecule has 0 aliphatic carbocycles. The smallest absolute Gasteiger partial charge is 0.245 e. The molecule has 0 saturated heterocycles. The van der Waals surface area contributed by atoms with Crippen LogP contribution in [0.5, 0.6) is 0 Å². The Morgan fingerprint density at radius 1 is 1.14 bits per heavy atom. The van der Waals surface area contributed by atoms with E-state index in [9.17, 15) is 14.4 Å². The average Bonchev–Trinajstić information content (AvgIpc) is 2.67. The van der Waals surface area contributed by atoms with E-state index in [1.54, 1.807) is 25.1 Å². The van der Waals surface area contributed by atoms with Crippen LogP contribution in [-0.4, -0.2) is 47.7 Å². The van der Waals surface area contributed by atoms with Crippen LogP contribution in [0.4, 0.5) is 5.69 Å². The molecule has 0 aromatic heterocycles. The largest absolute Gasteiger partial charge is 0.347 e. The number of hydrogen-bond acceptors (Lipinski definition) is 3. The summed E-state index contributed by atoms with van der Waals surface area (Å²) < 4.78 is 0. The van der Waals surface area contributed by atoms with Crippen LogP contribution < -0.4 is 5.32 Å². The molecule has 2 aromatic rings. The highest BCUT2D eigenvalue weighted by molar-refractivity contribution is 6.31. The standard InChI is InChI=1S/C22H24ClN3O3/c1-14(27)24-18-9-8-15-11-20(22(29)25(2)3)26(13-17(15)10-18)21(28)12-16-6-4-5-7-19(16)23/h4-10,20H,11-13H2,1-3H3,(H,24,27). The van der Waals surface area contributed by atoms with Gasteiger partial charge in [0, 0.05) is 44.7 Å². The zero-order valence-electron chi connectivity index (χ0n) is 16.7. The zero-order valence-corrected chi connectivity index (χ0v) is 17.5. The van der Waals surface area contributed by atoms with Crippen molar-refractivity contribution in [3.05, 3.63) is 64.2 Å². The van der Waals surface area contributed by atoms with Gasteiger partial charge < -0.3 is 15.1 Å². The van der Waals surface area contributed by atoms with Crippen LogP contribution >= 0.6 is 11.6 Å². The Labute approximate surface area is 175 Å². The molecule has 1 aliphatic heterocycles. The molecule has 7 heteroatoms. The number of carbonyl (C=O) groups excluding carboxylic acids is 3. The predicted octanol–water partition coefficient (Wildman–Crippen LogP) is 2.88. The number of carbonyl (C=O) groups is 3. The summed E-state index contributed by atoms with van der Waals surface area (Å²) in [6, 6.07) is 12.2. The molecule has 0 radical (unpaired) electrons. The molecule has 0 spiro atoms. The van der Waals surface area contributed by atoms with E-state index in [-0.39, 0.29) is 24.1 Å². The van der Waals surface area contributed by atoms with Crippen LogP contribution in [0, 0.1) is 0 Å². The predicted molar refractivity (Wildman–Crippen MR) is 113 cm³/mol. The van der Waals surface area contributed by atoms with E-state index < -0.39 is 6.04 Å². The second-order valence-corrected chi connectivity index (χ2v) is 7.81. The molecule has 0 bridgehead atoms. The lowest BCUT2D eigenvalue weighted by Crippen LogP contribution is -2.52. The molecule has 1 unspecified atom stereocenters. The van der Waals surface area contributed by atoms with Crippen molar-refractivity contribution in [3.8, 4) is 0 Å². The maximum atomic E-state index is 13.2. The normalized spacial score (nSPS) is 15.4. The van der Waals surface area contributed by atoms with Gasteiger partial charge >= 0.3 is 0 Å². The van der Waals surface area contributed by atoms with Crippen molar-refractivity contribution >= 4 is 35.0 Å². The van der Waals surface area contributed by atoms with Crippen LogP contribution in [0.3, 0.4) is 0 Å². The van der Waals surface area contributed by atoms with E-state index >= 15 is 0 Å². The van der Waals surface area contributed by atoms with E-state index in [0.29, 0.717) is 23.7 Å². The third kappa shape index (κ3) is 4.77. The molecule has 29 heavy (non-hydrogen) atoms. The molecule has 3 rings (SSSR count). The third-order valence-electron chi connectivity index (χ3n) is 5.00. The molecule has 6 nitrogen and oxygen atoms in total. The lowest BCUT2D eigenvalue weighted by Gasteiger charge is -2.37. The number of benzene rings is 2. The van der Waals surface area contributed by atoms with Gasteiger partial charge in [-0.15, -0.1) is 0 Å². The first-order valence-corrected chi connectivity index (χ1v) is 9.77. The number of hydrogen-bond donors (Lipinski definition) is 1. The molecular formula is C22H24ClN3O3. The van der Waals surface area contributed by atoms with E-state index in [1.165, 1.54) is 11.8 Å². The first-order chi connectivity index (χ1) is 13.8. The summed E-state index contributed by atoms with van der Waals surface area (Å²) in [4.78, 5) is 40.5. The molecule has 2 aromatic carbocycles. The van der Waals surface area contributed by atoms with Crippen molar-refractivity contribution in [2.75, 3.05) is 19.4 Å². The maximum absolute atomic E-state index is 13.2. The van der Waals surface area contributed by atoms with Gasteiger partial charge in [0.15, 0.2) is 0 Å². The average molecular weight is 414 g/mol. The highest BCUT2D eigenvalue weighted by atomic mass is 35.5. The van der Waals surface area contributed by atoms with Crippen molar-refractivity contribution < 1.29 is 14.4 Å². The van der Waals surface area contributed by atoms with Crippen LogP contribution in [0.25, 0.3) is 0 Å². The van der Waals surface area contributed by atoms with Crippen molar-refractivity contribution in [2.24, 2.45) is 0 Å². The third-order valence-corrected chi connectivity index (χ3v) is 5.37. The van der Waals surface area contributed by atoms with Crippen LogP contribution in [0.1, 0.15) is 23.6 Å². The van der Waals surface area contributed by atoms with Gasteiger partial charge in [-0.2, -0.15) is 0 Å². The zero-order chi connectivity index (χ0) is 21.1. The Morgan fingerprint density at radius 3 is 2.52 bits per heavy atom. The number of amides is 3. The van der Waals surface area contributed by atoms with Crippen molar-refractivity contribution in [3.63, 3.8) is 0 Å². The fraction of sp³-hybridized carbons (Fsp3) is 0.318.